The Morgan fingerprint density at radius 2 is 2.17 bits per heavy atom. The van der Waals surface area contributed by atoms with Gasteiger partial charge in [0.2, 0.25) is 0 Å². The molecule has 5 heteroatoms. The molecule has 66 valence electrons. The number of rotatable bonds is 1. The fourth-order valence-electron chi connectivity index (χ4n) is 0.817. The molecule has 1 heterocycles. The molecule has 1 aromatic heterocycles. The second kappa shape index (κ2) is 3.95. The second-order valence-electron chi connectivity index (χ2n) is 2.24. The molecule has 0 saturated heterocycles. The van der Waals surface area contributed by atoms with E-state index in [4.69, 9.17) is 0 Å². The van der Waals surface area contributed by atoms with Crippen LogP contribution in [0.5, 0.6) is 0 Å². The minimum Gasteiger partial charge on any atom is -0.249 e. The molecular weight excluding hydrogens is 343 g/mol. The van der Waals surface area contributed by atoms with Crippen LogP contribution >= 0.6 is 38.5 Å². The number of alkyl halides is 2. The Balaban J connectivity index is 3.33. The van der Waals surface area contributed by atoms with E-state index >= 15 is 0 Å². The van der Waals surface area contributed by atoms with E-state index in [0.29, 0.717) is 13.7 Å². The lowest BCUT2D eigenvalue weighted by Crippen LogP contribution is -1.97. The van der Waals surface area contributed by atoms with Crippen LogP contribution in [0, 0.1) is 10.6 Å². The summed E-state index contributed by atoms with van der Waals surface area (Å²) in [6.07, 6.45) is -0.926. The van der Waals surface area contributed by atoms with Gasteiger partial charge in [-0.3, -0.25) is 0 Å². The molecule has 0 spiro atoms. The highest BCUT2D eigenvalue weighted by atomic mass is 127. The third kappa shape index (κ3) is 1.93. The van der Waals surface area contributed by atoms with Gasteiger partial charge in [0.15, 0.2) is 0 Å². The Morgan fingerprint density at radius 1 is 1.58 bits per heavy atom. The van der Waals surface area contributed by atoms with Crippen LogP contribution in [0.3, 0.4) is 0 Å². The van der Waals surface area contributed by atoms with Gasteiger partial charge in [0.05, 0.1) is 5.56 Å². The summed E-state index contributed by atoms with van der Waals surface area (Å²) in [5.74, 6) is 0. The van der Waals surface area contributed by atoms with E-state index in [1.807, 2.05) is 0 Å². The summed E-state index contributed by atoms with van der Waals surface area (Å²) in [7, 11) is 0. The van der Waals surface area contributed by atoms with Crippen LogP contribution < -0.4 is 0 Å². The van der Waals surface area contributed by atoms with Crippen molar-refractivity contribution < 1.29 is 8.78 Å². The first-order valence-corrected chi connectivity index (χ1v) is 5.00. The van der Waals surface area contributed by atoms with Gasteiger partial charge in [-0.1, -0.05) is 0 Å². The molecule has 0 unspecified atom stereocenters. The molecule has 0 aliphatic heterocycles. The zero-order valence-corrected chi connectivity index (χ0v) is 9.86. The third-order valence-corrected chi connectivity index (χ3v) is 3.15. The monoisotopic (exact) mass is 347 g/mol. The number of hydrogen-bond acceptors (Lipinski definition) is 1. The van der Waals surface area contributed by atoms with Gasteiger partial charge in [-0.05, 0) is 51.0 Å². The van der Waals surface area contributed by atoms with Crippen LogP contribution in [-0.4, -0.2) is 4.98 Å². The molecule has 0 fully saturated rings. The molecule has 1 aromatic rings. The van der Waals surface area contributed by atoms with E-state index in [9.17, 15) is 8.78 Å². The van der Waals surface area contributed by atoms with Crippen LogP contribution in [0.15, 0.2) is 10.7 Å². The van der Waals surface area contributed by atoms with Gasteiger partial charge in [-0.15, -0.1) is 0 Å². The Morgan fingerprint density at radius 3 is 2.58 bits per heavy atom. The number of pyridine rings is 1. The fourth-order valence-corrected chi connectivity index (χ4v) is 1.91. The summed E-state index contributed by atoms with van der Waals surface area (Å²) in [5, 5.41) is 0. The zero-order chi connectivity index (χ0) is 9.30. The van der Waals surface area contributed by atoms with Crippen molar-refractivity contribution in [3.05, 3.63) is 25.5 Å². The van der Waals surface area contributed by atoms with Crippen molar-refractivity contribution in [3.8, 4) is 0 Å². The summed E-state index contributed by atoms with van der Waals surface area (Å²) < 4.78 is 25.8. The fraction of sp³-hybridized carbons (Fsp3) is 0.286. The highest BCUT2D eigenvalue weighted by Gasteiger charge is 2.17. The molecule has 0 aliphatic rings. The first-order chi connectivity index (χ1) is 5.54. The predicted octanol–water partition coefficient (Wildman–Crippen LogP) is 3.69. The van der Waals surface area contributed by atoms with Gasteiger partial charge < -0.3 is 0 Å². The van der Waals surface area contributed by atoms with Crippen molar-refractivity contribution in [2.24, 2.45) is 0 Å². The van der Waals surface area contributed by atoms with E-state index in [0.717, 1.165) is 0 Å². The van der Waals surface area contributed by atoms with Gasteiger partial charge in [0.1, 0.15) is 3.70 Å². The molecule has 0 aliphatic carbocycles. The minimum atomic E-state index is -2.46. The number of nitrogens with zero attached hydrogens (tertiary/aromatic N) is 1. The highest BCUT2D eigenvalue weighted by molar-refractivity contribution is 14.1. The standard InChI is InChI=1S/C7H5BrF2IN/c1-3-4(8)2-12-7(11)5(3)6(9)10/h2,6H,1H3. The van der Waals surface area contributed by atoms with Crippen molar-refractivity contribution >= 4 is 38.5 Å². The summed E-state index contributed by atoms with van der Waals surface area (Å²) in [4.78, 5) is 3.82. The maximum absolute atomic E-state index is 12.4. The Kier molecular flexibility index (Phi) is 3.39. The molecule has 0 N–H and O–H groups in total. The van der Waals surface area contributed by atoms with E-state index in [-0.39, 0.29) is 5.56 Å². The van der Waals surface area contributed by atoms with Gasteiger partial charge in [0, 0.05) is 10.7 Å². The molecule has 0 radical (unpaired) electrons. The van der Waals surface area contributed by atoms with Crippen LogP contribution in [0.2, 0.25) is 0 Å². The average molecular weight is 348 g/mol. The third-order valence-electron chi connectivity index (χ3n) is 1.49. The van der Waals surface area contributed by atoms with E-state index in [1.165, 1.54) is 6.20 Å². The molecular formula is C7H5BrF2IN. The first-order valence-electron chi connectivity index (χ1n) is 3.12. The van der Waals surface area contributed by atoms with Gasteiger partial charge >= 0.3 is 0 Å². The van der Waals surface area contributed by atoms with Gasteiger partial charge in [0.25, 0.3) is 6.43 Å². The van der Waals surface area contributed by atoms with Crippen molar-refractivity contribution in [3.63, 3.8) is 0 Å². The van der Waals surface area contributed by atoms with Crippen molar-refractivity contribution in [1.82, 2.24) is 4.98 Å². The second-order valence-corrected chi connectivity index (χ2v) is 4.11. The maximum atomic E-state index is 12.4. The van der Waals surface area contributed by atoms with Crippen LogP contribution in [0.1, 0.15) is 17.6 Å². The zero-order valence-electron chi connectivity index (χ0n) is 6.11. The summed E-state index contributed by atoms with van der Waals surface area (Å²) in [5.41, 5.74) is 0.578. The van der Waals surface area contributed by atoms with E-state index < -0.39 is 6.43 Å². The molecule has 0 saturated carbocycles. The number of aromatic nitrogens is 1. The maximum Gasteiger partial charge on any atom is 0.266 e. The topological polar surface area (TPSA) is 12.9 Å². The highest BCUT2D eigenvalue weighted by Crippen LogP contribution is 2.30. The lowest BCUT2D eigenvalue weighted by Gasteiger charge is -2.07. The Bertz CT molecular complexity index is 304. The Hall–Kier alpha value is 0.220. The van der Waals surface area contributed by atoms with E-state index in [1.54, 1.807) is 29.5 Å². The smallest absolute Gasteiger partial charge is 0.249 e. The lowest BCUT2D eigenvalue weighted by molar-refractivity contribution is 0.149. The molecule has 1 nitrogen and oxygen atoms in total. The molecule has 0 amide bonds. The van der Waals surface area contributed by atoms with Crippen molar-refractivity contribution in [1.29, 1.82) is 0 Å². The predicted molar refractivity (Wildman–Crippen MR) is 54.3 cm³/mol. The van der Waals surface area contributed by atoms with E-state index in [2.05, 4.69) is 20.9 Å². The lowest BCUT2D eigenvalue weighted by atomic mass is 10.2. The van der Waals surface area contributed by atoms with Crippen LogP contribution in [0.4, 0.5) is 8.78 Å². The molecule has 1 rings (SSSR count). The largest absolute Gasteiger partial charge is 0.266 e. The SMILES string of the molecule is Cc1c(Br)cnc(I)c1C(F)F. The number of hydrogen-bond donors (Lipinski definition) is 0. The van der Waals surface area contributed by atoms with Crippen LogP contribution in [0.25, 0.3) is 0 Å². The summed E-state index contributed by atoms with van der Waals surface area (Å²) in [6, 6.07) is 0. The quantitative estimate of drug-likeness (QED) is 0.557. The Labute approximate surface area is 90.8 Å². The average Bonchev–Trinajstić information content (AvgIpc) is 1.97. The van der Waals surface area contributed by atoms with Gasteiger partial charge in [-0.25, -0.2) is 13.8 Å². The minimum absolute atomic E-state index is 0.0185. The first kappa shape index (κ1) is 10.3. The van der Waals surface area contributed by atoms with Gasteiger partial charge in [-0.2, -0.15) is 0 Å². The molecule has 0 aromatic carbocycles. The number of halogens is 4. The van der Waals surface area contributed by atoms with Crippen molar-refractivity contribution in [2.45, 2.75) is 13.3 Å². The molecule has 0 atom stereocenters. The van der Waals surface area contributed by atoms with Crippen LogP contribution in [-0.2, 0) is 0 Å². The van der Waals surface area contributed by atoms with Crippen molar-refractivity contribution in [2.75, 3.05) is 0 Å². The summed E-state index contributed by atoms with van der Waals surface area (Å²) >= 11 is 4.96. The normalized spacial score (nSPS) is 10.8. The molecule has 0 bridgehead atoms. The molecule has 12 heavy (non-hydrogen) atoms. The summed E-state index contributed by atoms with van der Waals surface area (Å²) in [6.45, 7) is 1.65.